The number of benzene rings is 1. The molecule has 2 nitrogen and oxygen atoms in total. The number of carbonyl (C=O) groups excluding carboxylic acids is 1. The average molecular weight is 248 g/mol. The van der Waals surface area contributed by atoms with Crippen molar-refractivity contribution >= 4 is 5.78 Å². The van der Waals surface area contributed by atoms with E-state index in [2.05, 4.69) is 0 Å². The van der Waals surface area contributed by atoms with Gasteiger partial charge in [0.15, 0.2) is 0 Å². The van der Waals surface area contributed by atoms with Crippen LogP contribution in [0.5, 0.6) is 0 Å². The van der Waals surface area contributed by atoms with Crippen molar-refractivity contribution in [2.45, 2.75) is 58.0 Å². The first-order valence-electron chi connectivity index (χ1n) is 6.86. The standard InChI is InChI=1S/C12H16O.C4H8O/c13-12(9-5-2-6-10-12)11-7-3-1-4-8-11;1-3-4(2)5/h1,3-4,7-8,13H,2,5-6,9-10H2;3H2,1-2H3. The second kappa shape index (κ2) is 7.32. The van der Waals surface area contributed by atoms with Gasteiger partial charge in [0.25, 0.3) is 0 Å². The monoisotopic (exact) mass is 248 g/mol. The summed E-state index contributed by atoms with van der Waals surface area (Å²) in [5.74, 6) is 0.255. The van der Waals surface area contributed by atoms with E-state index in [0.717, 1.165) is 31.2 Å². The molecule has 1 saturated carbocycles. The molecular weight excluding hydrogens is 224 g/mol. The average Bonchev–Trinajstić information content (AvgIpc) is 2.41. The van der Waals surface area contributed by atoms with Gasteiger partial charge in [0.2, 0.25) is 0 Å². The van der Waals surface area contributed by atoms with Crippen molar-refractivity contribution in [3.8, 4) is 0 Å². The molecule has 0 radical (unpaired) electrons. The van der Waals surface area contributed by atoms with Gasteiger partial charge in [-0.1, -0.05) is 56.5 Å². The van der Waals surface area contributed by atoms with E-state index in [4.69, 9.17) is 0 Å². The van der Waals surface area contributed by atoms with Crippen molar-refractivity contribution in [2.75, 3.05) is 0 Å². The van der Waals surface area contributed by atoms with E-state index in [0.29, 0.717) is 6.42 Å². The van der Waals surface area contributed by atoms with Crippen molar-refractivity contribution in [2.24, 2.45) is 0 Å². The number of Topliss-reactive ketones (excluding diaryl/α,β-unsaturated/α-hetero) is 1. The molecule has 0 spiro atoms. The number of rotatable bonds is 2. The summed E-state index contributed by atoms with van der Waals surface area (Å²) in [7, 11) is 0. The molecule has 1 aromatic carbocycles. The van der Waals surface area contributed by atoms with Crippen LogP contribution in [0.2, 0.25) is 0 Å². The normalized spacial score (nSPS) is 17.5. The van der Waals surface area contributed by atoms with E-state index in [1.807, 2.05) is 37.3 Å². The molecule has 0 aliphatic heterocycles. The van der Waals surface area contributed by atoms with E-state index in [1.54, 1.807) is 6.92 Å². The predicted molar refractivity (Wildman–Crippen MR) is 74.4 cm³/mol. The summed E-state index contributed by atoms with van der Waals surface area (Å²) in [5, 5.41) is 10.3. The molecule has 0 bridgehead atoms. The zero-order valence-corrected chi connectivity index (χ0v) is 11.5. The van der Waals surface area contributed by atoms with Crippen LogP contribution in [0.1, 0.15) is 57.9 Å². The number of aliphatic hydroxyl groups is 1. The third kappa shape index (κ3) is 4.61. The third-order valence-electron chi connectivity index (χ3n) is 3.49. The molecule has 2 heteroatoms. The van der Waals surface area contributed by atoms with Crippen molar-refractivity contribution in [3.05, 3.63) is 35.9 Å². The van der Waals surface area contributed by atoms with Gasteiger partial charge in [0.05, 0.1) is 5.60 Å². The topological polar surface area (TPSA) is 37.3 Å². The van der Waals surface area contributed by atoms with E-state index in [9.17, 15) is 9.90 Å². The lowest BCUT2D eigenvalue weighted by Crippen LogP contribution is -2.28. The number of hydrogen-bond donors (Lipinski definition) is 1. The molecule has 18 heavy (non-hydrogen) atoms. The van der Waals surface area contributed by atoms with Gasteiger partial charge in [0, 0.05) is 6.42 Å². The van der Waals surface area contributed by atoms with Gasteiger partial charge < -0.3 is 9.90 Å². The minimum absolute atomic E-state index is 0.255. The Kier molecular flexibility index (Phi) is 6.06. The molecule has 0 heterocycles. The first-order valence-corrected chi connectivity index (χ1v) is 6.86. The number of carbonyl (C=O) groups is 1. The molecular formula is C16H24O2. The molecule has 1 N–H and O–H groups in total. The molecule has 1 fully saturated rings. The van der Waals surface area contributed by atoms with Gasteiger partial charge in [-0.05, 0) is 25.3 Å². The Morgan fingerprint density at radius 3 is 2.11 bits per heavy atom. The van der Waals surface area contributed by atoms with Gasteiger partial charge in [-0.3, -0.25) is 0 Å². The summed E-state index contributed by atoms with van der Waals surface area (Å²) in [6, 6.07) is 10.1. The molecule has 0 aromatic heterocycles. The molecule has 0 amide bonds. The smallest absolute Gasteiger partial charge is 0.129 e. The first kappa shape index (κ1) is 14.9. The molecule has 0 unspecified atom stereocenters. The number of ketones is 1. The maximum absolute atomic E-state index is 10.3. The Labute approximate surface area is 110 Å². The van der Waals surface area contributed by atoms with Gasteiger partial charge in [-0.2, -0.15) is 0 Å². The van der Waals surface area contributed by atoms with Crippen molar-refractivity contribution < 1.29 is 9.90 Å². The Bertz CT molecular complexity index is 351. The third-order valence-corrected chi connectivity index (χ3v) is 3.49. The van der Waals surface area contributed by atoms with Crippen molar-refractivity contribution in [1.82, 2.24) is 0 Å². The van der Waals surface area contributed by atoms with Gasteiger partial charge in [-0.15, -0.1) is 0 Å². The second-order valence-corrected chi connectivity index (χ2v) is 5.01. The quantitative estimate of drug-likeness (QED) is 0.863. The summed E-state index contributed by atoms with van der Waals surface area (Å²) >= 11 is 0. The fourth-order valence-corrected chi connectivity index (χ4v) is 2.17. The fraction of sp³-hybridized carbons (Fsp3) is 0.562. The molecule has 0 saturated heterocycles. The van der Waals surface area contributed by atoms with Crippen LogP contribution < -0.4 is 0 Å². The summed E-state index contributed by atoms with van der Waals surface area (Å²) in [4.78, 5) is 9.81. The van der Waals surface area contributed by atoms with Crippen LogP contribution in [0.15, 0.2) is 30.3 Å². The lowest BCUT2D eigenvalue weighted by Gasteiger charge is -2.32. The minimum Gasteiger partial charge on any atom is -0.385 e. The van der Waals surface area contributed by atoms with E-state index in [1.165, 1.54) is 6.42 Å². The summed E-state index contributed by atoms with van der Waals surface area (Å²) < 4.78 is 0. The van der Waals surface area contributed by atoms with Crippen LogP contribution in [0.4, 0.5) is 0 Å². The largest absolute Gasteiger partial charge is 0.385 e. The van der Waals surface area contributed by atoms with E-state index >= 15 is 0 Å². The van der Waals surface area contributed by atoms with Crippen LogP contribution in [-0.2, 0) is 10.4 Å². The highest BCUT2D eigenvalue weighted by molar-refractivity contribution is 5.74. The van der Waals surface area contributed by atoms with Crippen LogP contribution in [0, 0.1) is 0 Å². The zero-order valence-electron chi connectivity index (χ0n) is 11.5. The van der Waals surface area contributed by atoms with Gasteiger partial charge >= 0.3 is 0 Å². The van der Waals surface area contributed by atoms with Crippen molar-refractivity contribution in [1.29, 1.82) is 0 Å². The number of hydrogen-bond acceptors (Lipinski definition) is 2. The molecule has 1 aromatic rings. The lowest BCUT2D eigenvalue weighted by atomic mass is 9.80. The molecule has 1 aliphatic rings. The SMILES string of the molecule is CCC(C)=O.OC1(c2ccccc2)CCCCC1. The highest BCUT2D eigenvalue weighted by Crippen LogP contribution is 2.36. The van der Waals surface area contributed by atoms with Crippen LogP contribution in [0.25, 0.3) is 0 Å². The van der Waals surface area contributed by atoms with Gasteiger partial charge in [0.1, 0.15) is 5.78 Å². The van der Waals surface area contributed by atoms with E-state index < -0.39 is 5.60 Å². The van der Waals surface area contributed by atoms with Crippen LogP contribution >= 0.6 is 0 Å². The summed E-state index contributed by atoms with van der Waals surface area (Å²) in [5.41, 5.74) is 0.564. The first-order chi connectivity index (χ1) is 8.58. The Morgan fingerprint density at radius 1 is 1.17 bits per heavy atom. The minimum atomic E-state index is -0.528. The highest BCUT2D eigenvalue weighted by atomic mass is 16.3. The summed E-state index contributed by atoms with van der Waals surface area (Å²) in [6.45, 7) is 3.43. The predicted octanol–water partition coefficient (Wildman–Crippen LogP) is 3.82. The molecule has 0 atom stereocenters. The molecule has 1 aliphatic carbocycles. The maximum Gasteiger partial charge on any atom is 0.129 e. The summed E-state index contributed by atoms with van der Waals surface area (Å²) in [6.07, 6.45) is 6.11. The maximum atomic E-state index is 10.3. The van der Waals surface area contributed by atoms with Crippen molar-refractivity contribution in [3.63, 3.8) is 0 Å². The Morgan fingerprint density at radius 2 is 1.67 bits per heavy atom. The Balaban J connectivity index is 0.000000280. The lowest BCUT2D eigenvalue weighted by molar-refractivity contribution is -0.116. The molecule has 2 rings (SSSR count). The highest BCUT2D eigenvalue weighted by Gasteiger charge is 2.30. The molecule has 100 valence electrons. The van der Waals surface area contributed by atoms with E-state index in [-0.39, 0.29) is 5.78 Å². The van der Waals surface area contributed by atoms with Crippen LogP contribution in [-0.4, -0.2) is 10.9 Å². The second-order valence-electron chi connectivity index (χ2n) is 5.01. The fourth-order valence-electron chi connectivity index (χ4n) is 2.17. The van der Waals surface area contributed by atoms with Crippen LogP contribution in [0.3, 0.4) is 0 Å². The zero-order chi connectivity index (χ0) is 13.4. The Hall–Kier alpha value is -1.15. The van der Waals surface area contributed by atoms with Gasteiger partial charge in [-0.25, -0.2) is 0 Å².